The summed E-state index contributed by atoms with van der Waals surface area (Å²) in [6.45, 7) is 0. The molecule has 66 valence electrons. The van der Waals surface area contributed by atoms with Gasteiger partial charge in [0.25, 0.3) is 0 Å². The topological polar surface area (TPSA) is 46.5 Å². The van der Waals surface area contributed by atoms with E-state index in [1.54, 1.807) is 12.1 Å². The molecule has 0 fully saturated rings. The number of carbonyl (C=O) groups excluding carboxylic acids is 1. The summed E-state index contributed by atoms with van der Waals surface area (Å²) in [6.07, 6.45) is 0. The molecular weight excluding hydrogens is 203 g/mol. The molecular formula is C7H6Cl2O3. The van der Waals surface area contributed by atoms with Crippen LogP contribution < -0.4 is 0 Å². The van der Waals surface area contributed by atoms with Gasteiger partial charge in [-0.3, -0.25) is 4.89 Å². The molecule has 0 radical (unpaired) electrons. The molecule has 0 spiro atoms. The molecule has 1 aromatic carbocycles. The van der Waals surface area contributed by atoms with Crippen LogP contribution in [0.2, 0.25) is 5.02 Å². The molecule has 0 bridgehead atoms. The predicted octanol–water partition coefficient (Wildman–Crippen LogP) is 2.39. The predicted molar refractivity (Wildman–Crippen MR) is 46.7 cm³/mol. The maximum atomic E-state index is 10.6. The van der Waals surface area contributed by atoms with Gasteiger partial charge in [0.05, 0.1) is 5.56 Å². The number of halogens is 2. The van der Waals surface area contributed by atoms with Gasteiger partial charge < -0.3 is 0 Å². The summed E-state index contributed by atoms with van der Waals surface area (Å²) in [4.78, 5) is 14.1. The first-order chi connectivity index (χ1) is 5.24. The van der Waals surface area contributed by atoms with E-state index in [0.717, 1.165) is 0 Å². The minimum atomic E-state index is -0.813. The van der Waals surface area contributed by atoms with Crippen LogP contribution in [-0.2, 0) is 4.89 Å². The van der Waals surface area contributed by atoms with Crippen LogP contribution in [0.15, 0.2) is 24.3 Å². The van der Waals surface area contributed by atoms with E-state index in [4.69, 9.17) is 16.9 Å². The Morgan fingerprint density at radius 2 is 2.17 bits per heavy atom. The molecule has 0 aliphatic heterocycles. The molecule has 0 saturated carbocycles. The van der Waals surface area contributed by atoms with Crippen molar-refractivity contribution in [1.82, 2.24) is 0 Å². The van der Waals surface area contributed by atoms with Crippen molar-refractivity contribution in [3.63, 3.8) is 0 Å². The summed E-state index contributed by atoms with van der Waals surface area (Å²) < 4.78 is 0. The van der Waals surface area contributed by atoms with E-state index in [-0.39, 0.29) is 18.0 Å². The van der Waals surface area contributed by atoms with Crippen LogP contribution >= 0.6 is 24.0 Å². The SMILES string of the molecule is Cl.O=C(OO)c1cccc(Cl)c1. The molecule has 1 aromatic rings. The minimum Gasteiger partial charge on any atom is -0.296 e. The van der Waals surface area contributed by atoms with Crippen LogP contribution in [0.3, 0.4) is 0 Å². The molecule has 1 N–H and O–H groups in total. The van der Waals surface area contributed by atoms with Gasteiger partial charge in [-0.25, -0.2) is 4.79 Å². The Kier molecular flexibility index (Phi) is 4.66. The second kappa shape index (κ2) is 4.98. The summed E-state index contributed by atoms with van der Waals surface area (Å²) >= 11 is 5.56. The molecule has 1 rings (SSSR count). The molecule has 3 nitrogen and oxygen atoms in total. The summed E-state index contributed by atoms with van der Waals surface area (Å²) in [5.41, 5.74) is 0.222. The fraction of sp³-hybridized carbons (Fsp3) is 0. The fourth-order valence-corrected chi connectivity index (χ4v) is 0.858. The van der Waals surface area contributed by atoms with E-state index in [1.807, 2.05) is 0 Å². The highest BCUT2D eigenvalue weighted by atomic mass is 35.5. The second-order valence-electron chi connectivity index (χ2n) is 1.89. The summed E-state index contributed by atoms with van der Waals surface area (Å²) in [5.74, 6) is -0.813. The molecule has 5 heteroatoms. The van der Waals surface area contributed by atoms with Crippen LogP contribution in [0, 0.1) is 0 Å². The Hall–Kier alpha value is -0.770. The van der Waals surface area contributed by atoms with Gasteiger partial charge in [-0.2, -0.15) is 5.26 Å². The van der Waals surface area contributed by atoms with Crippen molar-refractivity contribution in [3.05, 3.63) is 34.9 Å². The van der Waals surface area contributed by atoms with Gasteiger partial charge in [0, 0.05) is 5.02 Å². The zero-order valence-electron chi connectivity index (χ0n) is 5.86. The van der Waals surface area contributed by atoms with Gasteiger partial charge in [-0.05, 0) is 18.2 Å². The third-order valence-corrected chi connectivity index (χ3v) is 1.38. The summed E-state index contributed by atoms with van der Waals surface area (Å²) in [5, 5.41) is 8.41. The normalized spacial score (nSPS) is 8.50. The van der Waals surface area contributed by atoms with E-state index in [2.05, 4.69) is 4.89 Å². The third-order valence-electron chi connectivity index (χ3n) is 1.14. The van der Waals surface area contributed by atoms with Gasteiger partial charge in [0.1, 0.15) is 0 Å². The molecule has 0 saturated heterocycles. The first-order valence-corrected chi connectivity index (χ1v) is 3.23. The number of rotatable bonds is 1. The van der Waals surface area contributed by atoms with Crippen molar-refractivity contribution in [3.8, 4) is 0 Å². The molecule has 0 amide bonds. The fourth-order valence-electron chi connectivity index (χ4n) is 0.668. The van der Waals surface area contributed by atoms with Gasteiger partial charge in [0.2, 0.25) is 0 Å². The van der Waals surface area contributed by atoms with Crippen molar-refractivity contribution in [2.24, 2.45) is 0 Å². The highest BCUT2D eigenvalue weighted by Gasteiger charge is 2.05. The lowest BCUT2D eigenvalue weighted by Gasteiger charge is -1.95. The third kappa shape index (κ3) is 2.70. The zero-order valence-corrected chi connectivity index (χ0v) is 7.43. The van der Waals surface area contributed by atoms with Gasteiger partial charge >= 0.3 is 5.97 Å². The smallest absolute Gasteiger partial charge is 0.296 e. The highest BCUT2D eigenvalue weighted by molar-refractivity contribution is 6.30. The average Bonchev–Trinajstić information content (AvgIpc) is 2.03. The number of hydrogen-bond donors (Lipinski definition) is 1. The monoisotopic (exact) mass is 208 g/mol. The molecule has 0 aliphatic rings. The Balaban J connectivity index is 0.00000121. The number of carbonyl (C=O) groups is 1. The van der Waals surface area contributed by atoms with Crippen LogP contribution in [0.25, 0.3) is 0 Å². The minimum absolute atomic E-state index is 0. The Morgan fingerprint density at radius 3 is 2.67 bits per heavy atom. The summed E-state index contributed by atoms with van der Waals surface area (Å²) in [6, 6.07) is 6.11. The second-order valence-corrected chi connectivity index (χ2v) is 2.33. The van der Waals surface area contributed by atoms with Crippen LogP contribution in [0.4, 0.5) is 0 Å². The van der Waals surface area contributed by atoms with Crippen LogP contribution in [0.1, 0.15) is 10.4 Å². The lowest BCUT2D eigenvalue weighted by atomic mass is 10.2. The maximum Gasteiger partial charge on any atom is 0.372 e. The lowest BCUT2D eigenvalue weighted by Crippen LogP contribution is -2.00. The summed E-state index contributed by atoms with van der Waals surface area (Å²) in [7, 11) is 0. The van der Waals surface area contributed by atoms with Crippen LogP contribution in [-0.4, -0.2) is 11.2 Å². The highest BCUT2D eigenvalue weighted by Crippen LogP contribution is 2.10. The van der Waals surface area contributed by atoms with E-state index < -0.39 is 5.97 Å². The molecule has 0 unspecified atom stereocenters. The molecule has 0 heterocycles. The number of hydrogen-bond acceptors (Lipinski definition) is 3. The standard InChI is InChI=1S/C7H5ClO3.ClH/c8-6-3-1-2-5(4-6)7(9)11-10;/h1-4,10H;1H. The molecule has 0 aromatic heterocycles. The first kappa shape index (κ1) is 11.2. The van der Waals surface area contributed by atoms with E-state index in [0.29, 0.717) is 5.02 Å². The van der Waals surface area contributed by atoms with E-state index in [9.17, 15) is 4.79 Å². The first-order valence-electron chi connectivity index (χ1n) is 2.85. The van der Waals surface area contributed by atoms with E-state index >= 15 is 0 Å². The van der Waals surface area contributed by atoms with Gasteiger partial charge in [-0.15, -0.1) is 12.4 Å². The van der Waals surface area contributed by atoms with Crippen molar-refractivity contribution in [2.75, 3.05) is 0 Å². The Bertz CT molecular complexity index is 275. The zero-order chi connectivity index (χ0) is 8.27. The average molecular weight is 209 g/mol. The molecule has 0 atom stereocenters. The quantitative estimate of drug-likeness (QED) is 0.570. The molecule has 0 aliphatic carbocycles. The van der Waals surface area contributed by atoms with Gasteiger partial charge in [-0.1, -0.05) is 17.7 Å². The van der Waals surface area contributed by atoms with Crippen molar-refractivity contribution >= 4 is 30.0 Å². The van der Waals surface area contributed by atoms with Crippen LogP contribution in [0.5, 0.6) is 0 Å². The van der Waals surface area contributed by atoms with Crippen molar-refractivity contribution in [1.29, 1.82) is 0 Å². The maximum absolute atomic E-state index is 10.6. The Morgan fingerprint density at radius 1 is 1.50 bits per heavy atom. The number of benzene rings is 1. The van der Waals surface area contributed by atoms with Crippen molar-refractivity contribution < 1.29 is 14.9 Å². The van der Waals surface area contributed by atoms with Gasteiger partial charge in [0.15, 0.2) is 0 Å². The Labute approximate surface area is 80.3 Å². The van der Waals surface area contributed by atoms with Crippen molar-refractivity contribution in [2.45, 2.75) is 0 Å². The largest absolute Gasteiger partial charge is 0.372 e. The lowest BCUT2D eigenvalue weighted by molar-refractivity contribution is -0.182. The van der Waals surface area contributed by atoms with E-state index in [1.165, 1.54) is 12.1 Å². The molecule has 12 heavy (non-hydrogen) atoms.